The standard InChI is InChI=1S/C61H63N7O10/c1-34(2)56(66-61(73)78-33-49-45-13-8-6-11-43(45)44-12-7-9-14-46(44)49)58(70)64-35(3)57(69)65-40-19-17-37(18-20-40)39-24-42-30-63-51-28-55(53(75-5)26-48(51)60(72)68(42)32-39)77-22-10-21-76-54-27-50-47(25-52(54)74-4)59(71)67-31-38(36-15-16-36)23-41(67)29-62-50/h6-9,11-14,17-20,25-29,31-32,34-36,41-42,49,56,63H,10,15-16,21-24,30,33H2,1-5H3,(H,64,70)(H,65,69)(H,66,73)/t35-,41-,42-,56-/m0/s1. The number of benzene rings is 5. The molecule has 0 unspecified atom stereocenters. The van der Waals surface area contributed by atoms with Gasteiger partial charge in [0.1, 0.15) is 18.7 Å². The number of nitrogens with zero attached hydrogens (tertiary/aromatic N) is 3. The molecule has 5 aromatic carbocycles. The molecule has 402 valence electrons. The zero-order chi connectivity index (χ0) is 54.2. The summed E-state index contributed by atoms with van der Waals surface area (Å²) in [6.07, 6.45) is 9.33. The van der Waals surface area contributed by atoms with Crippen LogP contribution in [0.15, 0.2) is 120 Å². The molecule has 17 nitrogen and oxygen atoms in total. The first-order valence-corrected chi connectivity index (χ1v) is 26.7. The average molecular weight is 1050 g/mol. The van der Waals surface area contributed by atoms with E-state index in [0.29, 0.717) is 89.7 Å². The van der Waals surface area contributed by atoms with Crippen LogP contribution in [0.5, 0.6) is 23.0 Å². The molecule has 4 N–H and O–H groups in total. The number of anilines is 2. The van der Waals surface area contributed by atoms with Crippen molar-refractivity contribution in [3.63, 3.8) is 0 Å². The maximum Gasteiger partial charge on any atom is 0.407 e. The molecule has 5 amide bonds. The summed E-state index contributed by atoms with van der Waals surface area (Å²) in [6, 6.07) is 28.3. The van der Waals surface area contributed by atoms with Crippen molar-refractivity contribution in [2.75, 3.05) is 51.2 Å². The molecule has 0 radical (unpaired) electrons. The summed E-state index contributed by atoms with van der Waals surface area (Å²) in [6.45, 7) is 6.39. The Bertz CT molecular complexity index is 3250. The third-order valence-electron chi connectivity index (χ3n) is 15.4. The van der Waals surface area contributed by atoms with Gasteiger partial charge in [-0.1, -0.05) is 74.5 Å². The first-order valence-electron chi connectivity index (χ1n) is 26.7. The van der Waals surface area contributed by atoms with Crippen molar-refractivity contribution in [1.82, 2.24) is 20.4 Å². The lowest BCUT2D eigenvalue weighted by molar-refractivity contribution is -0.128. The zero-order valence-electron chi connectivity index (χ0n) is 44.3. The zero-order valence-corrected chi connectivity index (χ0v) is 44.3. The Morgan fingerprint density at radius 3 is 2.04 bits per heavy atom. The normalized spacial score (nSPS) is 18.5. The highest BCUT2D eigenvalue weighted by atomic mass is 16.5. The fraction of sp³-hybridized carbons (Fsp3) is 0.344. The van der Waals surface area contributed by atoms with Gasteiger partial charge in [-0.25, -0.2) is 4.79 Å². The number of hydrogen-bond donors (Lipinski definition) is 4. The second kappa shape index (κ2) is 21.8. The van der Waals surface area contributed by atoms with E-state index < -0.39 is 30.0 Å². The quantitative estimate of drug-likeness (QED) is 0.0610. The van der Waals surface area contributed by atoms with Crippen molar-refractivity contribution in [2.45, 2.75) is 83.0 Å². The van der Waals surface area contributed by atoms with Crippen molar-refractivity contribution in [1.29, 1.82) is 0 Å². The van der Waals surface area contributed by atoms with E-state index >= 15 is 0 Å². The Kier molecular flexibility index (Phi) is 14.4. The number of carbonyl (C=O) groups is 5. The van der Waals surface area contributed by atoms with Crippen molar-refractivity contribution in [3.8, 4) is 34.1 Å². The topological polar surface area (TPSA) is 198 Å². The first kappa shape index (κ1) is 51.5. The molecule has 1 saturated carbocycles. The van der Waals surface area contributed by atoms with Crippen LogP contribution in [-0.2, 0) is 14.3 Å². The molecule has 0 spiro atoms. The van der Waals surface area contributed by atoms with E-state index in [2.05, 4.69) is 33.4 Å². The lowest BCUT2D eigenvalue weighted by Gasteiger charge is -2.24. The second-order valence-corrected chi connectivity index (χ2v) is 21.0. The number of rotatable bonds is 18. The van der Waals surface area contributed by atoms with Crippen LogP contribution in [0.2, 0.25) is 0 Å². The monoisotopic (exact) mass is 1050 g/mol. The maximum atomic E-state index is 14.2. The molecule has 2 aliphatic carbocycles. The van der Waals surface area contributed by atoms with Crippen LogP contribution < -0.4 is 40.2 Å². The van der Waals surface area contributed by atoms with Gasteiger partial charge in [-0.3, -0.25) is 24.2 Å². The molecule has 78 heavy (non-hydrogen) atoms. The van der Waals surface area contributed by atoms with Crippen LogP contribution in [0.4, 0.5) is 21.9 Å². The van der Waals surface area contributed by atoms with Gasteiger partial charge in [0.05, 0.1) is 62.0 Å². The van der Waals surface area contributed by atoms with E-state index in [9.17, 15) is 24.0 Å². The Balaban J connectivity index is 0.655. The number of nitrogens with one attached hydrogen (secondary N) is 4. The van der Waals surface area contributed by atoms with Crippen molar-refractivity contribution < 1.29 is 47.7 Å². The molecule has 4 aliphatic heterocycles. The molecule has 5 aromatic rings. The van der Waals surface area contributed by atoms with Gasteiger partial charge in [0.25, 0.3) is 11.8 Å². The fourth-order valence-corrected chi connectivity index (χ4v) is 11.0. The van der Waals surface area contributed by atoms with Gasteiger partial charge in [-0.15, -0.1) is 0 Å². The molecule has 4 heterocycles. The van der Waals surface area contributed by atoms with E-state index in [4.69, 9.17) is 28.7 Å². The smallest absolute Gasteiger partial charge is 0.407 e. The van der Waals surface area contributed by atoms with E-state index in [1.807, 2.05) is 81.0 Å². The van der Waals surface area contributed by atoms with Gasteiger partial charge in [0, 0.05) is 55.3 Å². The second-order valence-electron chi connectivity index (χ2n) is 21.0. The number of alkyl carbamates (subject to hydrolysis) is 1. The summed E-state index contributed by atoms with van der Waals surface area (Å²) in [5.74, 6) is 0.777. The first-order chi connectivity index (χ1) is 37.8. The summed E-state index contributed by atoms with van der Waals surface area (Å²) in [5.41, 5.74) is 10.2. The molecule has 4 atom stereocenters. The molecule has 0 aromatic heterocycles. The maximum absolute atomic E-state index is 14.2. The average Bonchev–Trinajstić information content (AvgIpc) is 4.18. The molecule has 11 rings (SSSR count). The fourth-order valence-electron chi connectivity index (χ4n) is 11.0. The Morgan fingerprint density at radius 1 is 0.718 bits per heavy atom. The van der Waals surface area contributed by atoms with E-state index in [1.165, 1.54) is 25.5 Å². The molecule has 1 fully saturated rings. The SMILES string of the molecule is COc1cc2c(cc1OCCCOc1cc3c(cc1OC)C(=O)N1C=C(c4ccc(NC(=O)[C@H](C)NC(=O)[C@@H](NC(=O)OCC5c6ccccc6-c6ccccc65)C(C)C)cc4)C[C@H]1CN3)N=C[C@@H]1CC(C3CC3)=CN1C2=O. The summed E-state index contributed by atoms with van der Waals surface area (Å²) in [4.78, 5) is 76.0. The van der Waals surface area contributed by atoms with Gasteiger partial charge in [0.2, 0.25) is 11.8 Å². The number of aliphatic imine (C=N–C) groups is 1. The van der Waals surface area contributed by atoms with E-state index in [1.54, 1.807) is 60.2 Å². The number of ether oxygens (including phenoxy) is 5. The summed E-state index contributed by atoms with van der Waals surface area (Å²) < 4.78 is 29.4. The highest BCUT2D eigenvalue weighted by molar-refractivity contribution is 6.05. The van der Waals surface area contributed by atoms with Crippen molar-refractivity contribution in [2.24, 2.45) is 16.8 Å². The lowest BCUT2D eigenvalue weighted by atomic mass is 9.98. The highest BCUT2D eigenvalue weighted by Crippen LogP contribution is 2.46. The van der Waals surface area contributed by atoms with Gasteiger partial charge < -0.3 is 54.8 Å². The van der Waals surface area contributed by atoms with Crippen LogP contribution in [0.3, 0.4) is 0 Å². The lowest BCUT2D eigenvalue weighted by Crippen LogP contribution is -2.53. The Hall–Kier alpha value is -8.60. The van der Waals surface area contributed by atoms with Crippen LogP contribution in [-0.4, -0.2) is 110 Å². The largest absolute Gasteiger partial charge is 0.493 e. The van der Waals surface area contributed by atoms with E-state index in [0.717, 1.165) is 39.8 Å². The third-order valence-corrected chi connectivity index (χ3v) is 15.4. The number of amides is 5. The molecular weight excluding hydrogens is 991 g/mol. The van der Waals surface area contributed by atoms with Crippen LogP contribution in [0.25, 0.3) is 16.7 Å². The molecule has 0 saturated heterocycles. The van der Waals surface area contributed by atoms with Gasteiger partial charge in [0.15, 0.2) is 23.0 Å². The molecular formula is C61H63N7O10. The summed E-state index contributed by atoms with van der Waals surface area (Å²) in [7, 11) is 3.09. The number of methoxy groups -OCH3 is 2. The predicted molar refractivity (Wildman–Crippen MR) is 296 cm³/mol. The molecule has 17 heteroatoms. The minimum atomic E-state index is -0.947. The van der Waals surface area contributed by atoms with Gasteiger partial charge in [-0.2, -0.15) is 0 Å². The van der Waals surface area contributed by atoms with Crippen molar-refractivity contribution in [3.05, 3.63) is 143 Å². The van der Waals surface area contributed by atoms with Crippen LogP contribution in [0.1, 0.15) is 96.2 Å². The van der Waals surface area contributed by atoms with Gasteiger partial charge in [-0.05, 0) is 108 Å². The Morgan fingerprint density at radius 2 is 1.37 bits per heavy atom. The van der Waals surface area contributed by atoms with Crippen LogP contribution >= 0.6 is 0 Å². The van der Waals surface area contributed by atoms with E-state index in [-0.39, 0.29) is 42.3 Å². The highest BCUT2D eigenvalue weighted by Gasteiger charge is 2.39. The summed E-state index contributed by atoms with van der Waals surface area (Å²) in [5, 5.41) is 11.8. The predicted octanol–water partition coefficient (Wildman–Crippen LogP) is 9.46. The van der Waals surface area contributed by atoms with Gasteiger partial charge >= 0.3 is 6.09 Å². The molecule has 0 bridgehead atoms. The summed E-state index contributed by atoms with van der Waals surface area (Å²) >= 11 is 0. The minimum Gasteiger partial charge on any atom is -0.493 e. The third kappa shape index (κ3) is 10.4. The number of carbonyl (C=O) groups excluding carboxylic acids is 5. The molecule has 6 aliphatic rings. The minimum absolute atomic E-state index is 0.0841. The van der Waals surface area contributed by atoms with Crippen LogP contribution in [0, 0.1) is 11.8 Å². The van der Waals surface area contributed by atoms with Crippen molar-refractivity contribution >= 4 is 58.6 Å². The Labute approximate surface area is 453 Å². The number of fused-ring (bicyclic) bond motifs is 7. The number of hydrogen-bond acceptors (Lipinski definition) is 12.